The third-order valence-corrected chi connectivity index (χ3v) is 2.98. The smallest absolute Gasteiger partial charge is 0.119 e. The molecule has 1 unspecified atom stereocenters. The highest BCUT2D eigenvalue weighted by molar-refractivity contribution is 5.50. The summed E-state index contributed by atoms with van der Waals surface area (Å²) in [5.74, 6) is 0.759. The van der Waals surface area contributed by atoms with Crippen LogP contribution in [0.4, 0.5) is 0 Å². The van der Waals surface area contributed by atoms with Crippen LogP contribution in [0.3, 0.4) is 0 Å². The van der Waals surface area contributed by atoms with Crippen molar-refractivity contribution < 1.29 is 10.2 Å². The van der Waals surface area contributed by atoms with Crippen LogP contribution >= 0.6 is 0 Å². The van der Waals surface area contributed by atoms with Crippen LogP contribution in [0.2, 0.25) is 0 Å². The molecule has 1 aromatic rings. The highest BCUT2D eigenvalue weighted by atomic mass is 16.3. The van der Waals surface area contributed by atoms with Gasteiger partial charge in [0.05, 0.1) is 0 Å². The normalized spacial score (nSPS) is 20.5. The van der Waals surface area contributed by atoms with Crippen LogP contribution in [-0.2, 0) is 6.42 Å². The Hall–Kier alpha value is -1.22. The molecule has 0 aliphatic heterocycles. The lowest BCUT2D eigenvalue weighted by molar-refractivity contribution is 0.425. The second-order valence-corrected chi connectivity index (χ2v) is 3.82. The van der Waals surface area contributed by atoms with Gasteiger partial charge in [-0.3, -0.25) is 0 Å². The van der Waals surface area contributed by atoms with Crippen LogP contribution in [-0.4, -0.2) is 16.8 Å². The van der Waals surface area contributed by atoms with E-state index in [9.17, 15) is 10.2 Å². The van der Waals surface area contributed by atoms with Crippen LogP contribution in [0, 0.1) is 0 Å². The molecule has 0 spiro atoms. The molecule has 0 radical (unpaired) electrons. The van der Waals surface area contributed by atoms with Crippen molar-refractivity contribution in [2.45, 2.75) is 25.2 Å². The molecule has 1 aromatic carbocycles. The summed E-state index contributed by atoms with van der Waals surface area (Å²) in [6, 6.07) is 3.09. The first kappa shape index (κ1) is 9.34. The second-order valence-electron chi connectivity index (χ2n) is 3.82. The Balaban J connectivity index is 2.55. The van der Waals surface area contributed by atoms with Crippen LogP contribution in [0.15, 0.2) is 12.1 Å². The molecule has 0 saturated carbocycles. The van der Waals surface area contributed by atoms with Gasteiger partial charge in [0.15, 0.2) is 0 Å². The first-order valence-corrected chi connectivity index (χ1v) is 4.97. The maximum atomic E-state index is 9.72. The number of aromatic hydroxyl groups is 2. The third-order valence-electron chi connectivity index (χ3n) is 2.98. The van der Waals surface area contributed by atoms with E-state index >= 15 is 0 Å². The van der Waals surface area contributed by atoms with Crippen molar-refractivity contribution in [2.24, 2.45) is 5.73 Å². The molecule has 1 aliphatic rings. The van der Waals surface area contributed by atoms with Crippen molar-refractivity contribution in [1.82, 2.24) is 0 Å². The van der Waals surface area contributed by atoms with E-state index in [4.69, 9.17) is 5.73 Å². The Morgan fingerprint density at radius 3 is 2.71 bits per heavy atom. The van der Waals surface area contributed by atoms with Gasteiger partial charge in [-0.05, 0) is 37.9 Å². The van der Waals surface area contributed by atoms with Gasteiger partial charge in [-0.15, -0.1) is 0 Å². The zero-order valence-corrected chi connectivity index (χ0v) is 8.03. The van der Waals surface area contributed by atoms with E-state index < -0.39 is 0 Å². The minimum Gasteiger partial charge on any atom is -0.508 e. The Bertz CT molecular complexity index is 349. The number of rotatable bonds is 1. The van der Waals surface area contributed by atoms with Gasteiger partial charge in [-0.1, -0.05) is 0 Å². The fourth-order valence-electron chi connectivity index (χ4n) is 2.26. The summed E-state index contributed by atoms with van der Waals surface area (Å²) in [5.41, 5.74) is 7.39. The van der Waals surface area contributed by atoms with Gasteiger partial charge in [-0.2, -0.15) is 0 Å². The number of benzene rings is 1. The average Bonchev–Trinajstić information content (AvgIpc) is 2.23. The number of phenolic OH excluding ortho intramolecular Hbond substituents is 2. The molecule has 3 nitrogen and oxygen atoms in total. The quantitative estimate of drug-likeness (QED) is 0.592. The van der Waals surface area contributed by atoms with Gasteiger partial charge in [0.1, 0.15) is 11.5 Å². The maximum absolute atomic E-state index is 9.72. The summed E-state index contributed by atoms with van der Waals surface area (Å²) >= 11 is 0. The maximum Gasteiger partial charge on any atom is 0.119 e. The molecule has 4 N–H and O–H groups in total. The van der Waals surface area contributed by atoms with E-state index in [-0.39, 0.29) is 17.4 Å². The summed E-state index contributed by atoms with van der Waals surface area (Å²) in [5, 5.41) is 19.4. The molecule has 0 heterocycles. The van der Waals surface area contributed by atoms with E-state index in [1.807, 2.05) is 0 Å². The van der Waals surface area contributed by atoms with E-state index in [0.717, 1.165) is 30.4 Å². The Kier molecular flexibility index (Phi) is 2.33. The number of fused-ring (bicyclic) bond motifs is 1. The molecule has 0 fully saturated rings. The van der Waals surface area contributed by atoms with Gasteiger partial charge >= 0.3 is 0 Å². The van der Waals surface area contributed by atoms with Gasteiger partial charge in [0.2, 0.25) is 0 Å². The predicted molar refractivity (Wildman–Crippen MR) is 54.5 cm³/mol. The Labute approximate surface area is 83.2 Å². The van der Waals surface area contributed by atoms with E-state index in [1.54, 1.807) is 12.1 Å². The number of hydrogen-bond donors (Lipinski definition) is 3. The molecule has 0 saturated heterocycles. The molecule has 1 aliphatic carbocycles. The fraction of sp³-hybridized carbons (Fsp3) is 0.455. The fourth-order valence-corrected chi connectivity index (χ4v) is 2.26. The number of phenols is 2. The molecule has 0 amide bonds. The molecule has 0 aromatic heterocycles. The minimum absolute atomic E-state index is 0.200. The zero-order valence-electron chi connectivity index (χ0n) is 8.03. The molecule has 76 valence electrons. The molecule has 2 rings (SSSR count). The standard InChI is InChI=1S/C11H15NO2/c12-6-7-2-1-3-8-9(13)4-5-10(14)11(7)8/h4-5,7,13-14H,1-3,6,12H2. The summed E-state index contributed by atoms with van der Waals surface area (Å²) in [6.07, 6.45) is 2.87. The summed E-state index contributed by atoms with van der Waals surface area (Å²) < 4.78 is 0. The summed E-state index contributed by atoms with van der Waals surface area (Å²) in [7, 11) is 0. The zero-order chi connectivity index (χ0) is 10.1. The van der Waals surface area contributed by atoms with Crippen molar-refractivity contribution in [2.75, 3.05) is 6.54 Å². The van der Waals surface area contributed by atoms with Crippen LogP contribution < -0.4 is 5.73 Å². The second kappa shape index (κ2) is 3.50. The van der Waals surface area contributed by atoms with Crippen molar-refractivity contribution >= 4 is 0 Å². The molecule has 14 heavy (non-hydrogen) atoms. The Morgan fingerprint density at radius 1 is 1.29 bits per heavy atom. The van der Waals surface area contributed by atoms with Crippen LogP contribution in [0.1, 0.15) is 29.9 Å². The van der Waals surface area contributed by atoms with E-state index in [0.29, 0.717) is 6.54 Å². The first-order valence-electron chi connectivity index (χ1n) is 4.97. The van der Waals surface area contributed by atoms with Crippen LogP contribution in [0.5, 0.6) is 11.5 Å². The van der Waals surface area contributed by atoms with E-state index in [1.165, 1.54) is 0 Å². The highest BCUT2D eigenvalue weighted by Gasteiger charge is 2.24. The SMILES string of the molecule is NCC1CCCc2c(O)ccc(O)c21. The first-order chi connectivity index (χ1) is 6.74. The van der Waals surface area contributed by atoms with Gasteiger partial charge in [0.25, 0.3) is 0 Å². The lowest BCUT2D eigenvalue weighted by Crippen LogP contribution is -2.18. The third kappa shape index (κ3) is 1.34. The molecule has 0 bridgehead atoms. The molecular formula is C11H15NO2. The lowest BCUT2D eigenvalue weighted by atomic mass is 9.82. The van der Waals surface area contributed by atoms with Gasteiger partial charge in [0, 0.05) is 17.0 Å². The topological polar surface area (TPSA) is 66.5 Å². The minimum atomic E-state index is 0.200. The van der Waals surface area contributed by atoms with E-state index in [2.05, 4.69) is 0 Å². The molecule has 1 atom stereocenters. The predicted octanol–water partition coefficient (Wildman–Crippen LogP) is 1.48. The van der Waals surface area contributed by atoms with Crippen molar-refractivity contribution in [3.63, 3.8) is 0 Å². The van der Waals surface area contributed by atoms with Gasteiger partial charge < -0.3 is 15.9 Å². The van der Waals surface area contributed by atoms with Crippen molar-refractivity contribution in [3.8, 4) is 11.5 Å². The van der Waals surface area contributed by atoms with Crippen molar-refractivity contribution in [3.05, 3.63) is 23.3 Å². The Morgan fingerprint density at radius 2 is 2.00 bits per heavy atom. The summed E-state index contributed by atoms with van der Waals surface area (Å²) in [4.78, 5) is 0. The largest absolute Gasteiger partial charge is 0.508 e. The van der Waals surface area contributed by atoms with Crippen molar-refractivity contribution in [1.29, 1.82) is 0 Å². The number of hydrogen-bond acceptors (Lipinski definition) is 3. The molecule has 3 heteroatoms. The van der Waals surface area contributed by atoms with Crippen LogP contribution in [0.25, 0.3) is 0 Å². The highest BCUT2D eigenvalue weighted by Crippen LogP contribution is 2.40. The average molecular weight is 193 g/mol. The van der Waals surface area contributed by atoms with Gasteiger partial charge in [-0.25, -0.2) is 0 Å². The monoisotopic (exact) mass is 193 g/mol. The lowest BCUT2D eigenvalue weighted by Gasteiger charge is -2.25. The number of nitrogens with two attached hydrogens (primary N) is 1. The molecular weight excluding hydrogens is 178 g/mol. The summed E-state index contributed by atoms with van der Waals surface area (Å²) in [6.45, 7) is 0.532.